The van der Waals surface area contributed by atoms with Crippen molar-refractivity contribution in [3.8, 4) is 12.3 Å². The third-order valence-electron chi connectivity index (χ3n) is 8.47. The summed E-state index contributed by atoms with van der Waals surface area (Å²) in [6, 6.07) is 0. The molecule has 138 valence electrons. The summed E-state index contributed by atoms with van der Waals surface area (Å²) in [5.41, 5.74) is -0.770. The van der Waals surface area contributed by atoms with Crippen LogP contribution >= 0.6 is 0 Å². The topological polar surface area (TPSA) is 80.9 Å². The van der Waals surface area contributed by atoms with E-state index < -0.39 is 17.1 Å². The molecule has 0 saturated heterocycles. The zero-order chi connectivity index (χ0) is 18.0. The van der Waals surface area contributed by atoms with E-state index in [1.54, 1.807) is 0 Å². The Hall–Kier alpha value is -0.860. The summed E-state index contributed by atoms with van der Waals surface area (Å²) in [7, 11) is 0. The van der Waals surface area contributed by atoms with E-state index in [4.69, 9.17) is 6.42 Å². The van der Waals surface area contributed by atoms with Gasteiger partial charge in [-0.1, -0.05) is 24.5 Å². The number of aliphatic hydroxyl groups is 4. The molecule has 0 aromatic heterocycles. The summed E-state index contributed by atoms with van der Waals surface area (Å²) in [4.78, 5) is 0. The van der Waals surface area contributed by atoms with Crippen molar-refractivity contribution in [3.05, 3.63) is 11.6 Å². The third kappa shape index (κ3) is 2.10. The second-order valence-electron chi connectivity index (χ2n) is 9.18. The summed E-state index contributed by atoms with van der Waals surface area (Å²) >= 11 is 0. The molecule has 3 saturated carbocycles. The van der Waals surface area contributed by atoms with Crippen LogP contribution < -0.4 is 0 Å². The van der Waals surface area contributed by atoms with Crippen LogP contribution in [0.3, 0.4) is 0 Å². The van der Waals surface area contributed by atoms with Crippen LogP contribution in [-0.2, 0) is 0 Å². The van der Waals surface area contributed by atoms with Crippen LogP contribution in [0.2, 0.25) is 0 Å². The lowest BCUT2D eigenvalue weighted by Crippen LogP contribution is -2.59. The van der Waals surface area contributed by atoms with Crippen LogP contribution in [0.25, 0.3) is 0 Å². The highest BCUT2D eigenvalue weighted by molar-refractivity contribution is 5.31. The maximum atomic E-state index is 11.0. The Morgan fingerprint density at radius 2 is 1.88 bits per heavy atom. The van der Waals surface area contributed by atoms with Crippen molar-refractivity contribution in [1.82, 2.24) is 0 Å². The monoisotopic (exact) mass is 346 g/mol. The lowest BCUT2D eigenvalue weighted by atomic mass is 9.46. The van der Waals surface area contributed by atoms with Crippen molar-refractivity contribution >= 4 is 0 Å². The fourth-order valence-corrected chi connectivity index (χ4v) is 7.01. The van der Waals surface area contributed by atoms with Gasteiger partial charge in [0, 0.05) is 5.41 Å². The maximum Gasteiger partial charge on any atom is 0.133 e. The summed E-state index contributed by atoms with van der Waals surface area (Å²) < 4.78 is 0. The van der Waals surface area contributed by atoms with Crippen molar-refractivity contribution in [2.24, 2.45) is 28.6 Å². The number of aliphatic hydroxyl groups excluding tert-OH is 3. The normalized spacial score (nSPS) is 54.7. The molecule has 0 bridgehead atoms. The van der Waals surface area contributed by atoms with Crippen molar-refractivity contribution in [2.45, 2.75) is 69.7 Å². The second-order valence-corrected chi connectivity index (χ2v) is 9.18. The van der Waals surface area contributed by atoms with Crippen LogP contribution in [0.15, 0.2) is 11.6 Å². The lowest BCUT2D eigenvalue weighted by molar-refractivity contribution is -0.149. The number of rotatable bonds is 1. The van der Waals surface area contributed by atoms with Gasteiger partial charge >= 0.3 is 0 Å². The minimum atomic E-state index is -1.27. The molecule has 4 unspecified atom stereocenters. The first-order valence-corrected chi connectivity index (χ1v) is 9.70. The summed E-state index contributed by atoms with van der Waals surface area (Å²) in [6.07, 6.45) is 11.9. The molecule has 4 rings (SSSR count). The zero-order valence-corrected chi connectivity index (χ0v) is 15.0. The van der Waals surface area contributed by atoms with Crippen LogP contribution in [0, 0.1) is 40.9 Å². The molecule has 0 aromatic carbocycles. The summed E-state index contributed by atoms with van der Waals surface area (Å²) in [6.45, 7) is 2.16. The molecule has 4 aliphatic rings. The van der Waals surface area contributed by atoms with Gasteiger partial charge in [-0.2, -0.15) is 0 Å². The molecule has 0 radical (unpaired) electrons. The average Bonchev–Trinajstić information content (AvgIpc) is 2.91. The first-order valence-electron chi connectivity index (χ1n) is 9.70. The maximum absolute atomic E-state index is 11.0. The van der Waals surface area contributed by atoms with Gasteiger partial charge in [-0.15, -0.1) is 6.42 Å². The Bertz CT molecular complexity index is 636. The minimum absolute atomic E-state index is 0.00158. The van der Waals surface area contributed by atoms with Crippen molar-refractivity contribution in [3.63, 3.8) is 0 Å². The predicted octanol–water partition coefficient (Wildman–Crippen LogP) is 1.62. The number of hydrogen-bond acceptors (Lipinski definition) is 4. The van der Waals surface area contributed by atoms with Gasteiger partial charge in [0.1, 0.15) is 5.60 Å². The van der Waals surface area contributed by atoms with Crippen molar-refractivity contribution < 1.29 is 20.4 Å². The minimum Gasteiger partial charge on any atom is -0.396 e. The van der Waals surface area contributed by atoms with Gasteiger partial charge in [0.05, 0.1) is 18.8 Å². The van der Waals surface area contributed by atoms with Crippen LogP contribution in [0.5, 0.6) is 0 Å². The summed E-state index contributed by atoms with van der Waals surface area (Å²) in [5, 5.41) is 42.3. The standard InChI is InChI=1S/C21H30O4/c1-3-21(25)9-6-16-18-15(5-8-20(16,21)12-22)19(2)7-4-14(23)10-13(19)11-17(18)24/h1,11,14-18,22-25H,4-10,12H2,2H3/t14-,15?,16?,17?,18?,19+,20-,21+/m1/s1. The fourth-order valence-electron chi connectivity index (χ4n) is 7.01. The first kappa shape index (κ1) is 17.5. The molecule has 4 heteroatoms. The molecule has 0 amide bonds. The Kier molecular flexibility index (Phi) is 3.91. The van der Waals surface area contributed by atoms with Gasteiger partial charge in [0.2, 0.25) is 0 Å². The molecule has 4 nitrogen and oxygen atoms in total. The highest BCUT2D eigenvalue weighted by Gasteiger charge is 2.66. The van der Waals surface area contributed by atoms with E-state index >= 15 is 0 Å². The Morgan fingerprint density at radius 3 is 2.56 bits per heavy atom. The van der Waals surface area contributed by atoms with E-state index in [2.05, 4.69) is 12.8 Å². The number of fused-ring (bicyclic) bond motifs is 5. The predicted molar refractivity (Wildman–Crippen MR) is 94.3 cm³/mol. The average molecular weight is 346 g/mol. The quantitative estimate of drug-likeness (QED) is 0.430. The SMILES string of the molecule is C#C[C@]1(O)CCC2C3C(O)C=C4C[C@H](O)CC[C@]4(C)C3CC[C@@]21CO. The Balaban J connectivity index is 1.76. The van der Waals surface area contributed by atoms with Crippen molar-refractivity contribution in [2.75, 3.05) is 6.61 Å². The van der Waals surface area contributed by atoms with Gasteiger partial charge in [0.25, 0.3) is 0 Å². The second kappa shape index (κ2) is 5.57. The van der Waals surface area contributed by atoms with Gasteiger partial charge in [-0.25, -0.2) is 0 Å². The van der Waals surface area contributed by atoms with E-state index in [1.165, 1.54) is 5.57 Å². The molecular formula is C21H30O4. The van der Waals surface area contributed by atoms with Crippen LogP contribution in [-0.4, -0.2) is 44.8 Å². The molecule has 3 fully saturated rings. The summed E-state index contributed by atoms with van der Waals surface area (Å²) in [5.74, 6) is 2.95. The lowest BCUT2D eigenvalue weighted by Gasteiger charge is -2.59. The molecule has 25 heavy (non-hydrogen) atoms. The highest BCUT2D eigenvalue weighted by Crippen LogP contribution is 2.66. The Labute approximate surface area is 150 Å². The molecule has 4 aliphatic carbocycles. The van der Waals surface area contributed by atoms with Gasteiger partial charge in [-0.05, 0) is 68.1 Å². The van der Waals surface area contributed by atoms with E-state index in [9.17, 15) is 20.4 Å². The largest absolute Gasteiger partial charge is 0.396 e. The number of terminal acetylenes is 1. The molecule has 4 N–H and O–H groups in total. The Morgan fingerprint density at radius 1 is 1.16 bits per heavy atom. The molecule has 0 aromatic rings. The van der Waals surface area contributed by atoms with Crippen LogP contribution in [0.4, 0.5) is 0 Å². The number of hydrogen-bond donors (Lipinski definition) is 4. The molecule has 0 spiro atoms. The highest BCUT2D eigenvalue weighted by atomic mass is 16.3. The smallest absolute Gasteiger partial charge is 0.133 e. The molecule has 0 aliphatic heterocycles. The van der Waals surface area contributed by atoms with Gasteiger partial charge in [0.15, 0.2) is 0 Å². The molecule has 0 heterocycles. The molecule has 8 atom stereocenters. The van der Waals surface area contributed by atoms with E-state index in [0.717, 1.165) is 25.7 Å². The van der Waals surface area contributed by atoms with Crippen LogP contribution in [0.1, 0.15) is 51.9 Å². The molecular weight excluding hydrogens is 316 g/mol. The van der Waals surface area contributed by atoms with E-state index in [0.29, 0.717) is 25.2 Å². The first-order chi connectivity index (χ1) is 11.8. The third-order valence-corrected chi connectivity index (χ3v) is 8.47. The van der Waals surface area contributed by atoms with Gasteiger partial charge < -0.3 is 20.4 Å². The van der Waals surface area contributed by atoms with Gasteiger partial charge in [-0.3, -0.25) is 0 Å². The van der Waals surface area contributed by atoms with E-state index in [1.807, 2.05) is 6.08 Å². The zero-order valence-electron chi connectivity index (χ0n) is 15.0. The van der Waals surface area contributed by atoms with Crippen molar-refractivity contribution in [1.29, 1.82) is 0 Å². The fraction of sp³-hybridized carbons (Fsp3) is 0.810. The van der Waals surface area contributed by atoms with E-state index in [-0.39, 0.29) is 30.0 Å².